The normalized spacial score (nSPS) is 29.5. The molecule has 1 aromatic heterocycles. The summed E-state index contributed by atoms with van der Waals surface area (Å²) < 4.78 is 5.15. The van der Waals surface area contributed by atoms with E-state index in [4.69, 9.17) is 4.52 Å². The average Bonchev–Trinajstić information content (AvgIpc) is 3.16. The van der Waals surface area contributed by atoms with Gasteiger partial charge in [-0.05, 0) is 32.2 Å². The van der Waals surface area contributed by atoms with E-state index in [0.29, 0.717) is 12.4 Å². The van der Waals surface area contributed by atoms with E-state index in [1.807, 2.05) is 0 Å². The molecule has 0 radical (unpaired) electrons. The Hall–Kier alpha value is -1.47. The van der Waals surface area contributed by atoms with E-state index in [1.54, 1.807) is 0 Å². The van der Waals surface area contributed by atoms with Crippen LogP contribution in [-0.4, -0.2) is 40.3 Å². The summed E-state index contributed by atoms with van der Waals surface area (Å²) in [5.41, 5.74) is 0. The van der Waals surface area contributed by atoms with Gasteiger partial charge in [-0.15, -0.1) is 0 Å². The van der Waals surface area contributed by atoms with Crippen LogP contribution in [0.1, 0.15) is 61.1 Å². The van der Waals surface area contributed by atoms with Gasteiger partial charge in [-0.1, -0.05) is 18.0 Å². The molecule has 1 aliphatic carbocycles. The highest BCUT2D eigenvalue weighted by Crippen LogP contribution is 2.24. The lowest BCUT2D eigenvalue weighted by atomic mass is 9.86. The largest absolute Gasteiger partial charge is 0.393 e. The Morgan fingerprint density at radius 3 is 2.95 bits per heavy atom. The van der Waals surface area contributed by atoms with E-state index in [0.717, 1.165) is 45.1 Å². The van der Waals surface area contributed by atoms with Crippen molar-refractivity contribution in [2.75, 3.05) is 13.1 Å². The van der Waals surface area contributed by atoms with Gasteiger partial charge in [0, 0.05) is 12.5 Å². The number of rotatable bonds is 4. The van der Waals surface area contributed by atoms with Crippen molar-refractivity contribution < 1.29 is 14.4 Å². The molecule has 3 unspecified atom stereocenters. The summed E-state index contributed by atoms with van der Waals surface area (Å²) in [6.07, 6.45) is 5.66. The van der Waals surface area contributed by atoms with Crippen LogP contribution >= 0.6 is 0 Å². The molecule has 3 N–H and O–H groups in total. The summed E-state index contributed by atoms with van der Waals surface area (Å²) in [6.45, 7) is 1.40. The summed E-state index contributed by atoms with van der Waals surface area (Å²) in [5.74, 6) is 0.352. The summed E-state index contributed by atoms with van der Waals surface area (Å²) in [7, 11) is 0. The minimum atomic E-state index is -0.333. The first-order chi connectivity index (χ1) is 10.2. The summed E-state index contributed by atoms with van der Waals surface area (Å²) in [4.78, 5) is 16.2. The van der Waals surface area contributed by atoms with Crippen molar-refractivity contribution in [2.24, 2.45) is 5.92 Å². The number of amides is 1. The third kappa shape index (κ3) is 3.41. The number of carbonyl (C=O) groups excluding carboxylic acids is 1. The molecule has 2 fully saturated rings. The third-order valence-electron chi connectivity index (χ3n) is 4.40. The zero-order valence-corrected chi connectivity index (χ0v) is 12.0. The molecular weight excluding hydrogens is 272 g/mol. The SMILES string of the molecule is O=C(NCC1CCCCC1O)c1noc(C2CCCN2)n1. The van der Waals surface area contributed by atoms with Gasteiger partial charge in [-0.25, -0.2) is 0 Å². The first-order valence-corrected chi connectivity index (χ1v) is 7.77. The van der Waals surface area contributed by atoms with Crippen LogP contribution in [0.5, 0.6) is 0 Å². The van der Waals surface area contributed by atoms with Gasteiger partial charge >= 0.3 is 0 Å². The summed E-state index contributed by atoms with van der Waals surface area (Å²) in [5, 5.41) is 19.7. The molecule has 0 bridgehead atoms. The van der Waals surface area contributed by atoms with Crippen molar-refractivity contribution in [1.29, 1.82) is 0 Å². The molecule has 1 amide bonds. The van der Waals surface area contributed by atoms with Gasteiger partial charge in [0.15, 0.2) is 0 Å². The topological polar surface area (TPSA) is 100 Å². The first-order valence-electron chi connectivity index (χ1n) is 7.77. The second-order valence-electron chi connectivity index (χ2n) is 5.93. The maximum atomic E-state index is 12.0. The molecule has 1 saturated heterocycles. The first kappa shape index (κ1) is 14.5. The Balaban J connectivity index is 1.53. The molecule has 3 rings (SSSR count). The standard InChI is InChI=1S/C14H22N4O3/c19-11-6-2-1-4-9(11)8-16-13(20)12-17-14(21-18-12)10-5-3-7-15-10/h9-11,15,19H,1-8H2,(H,16,20). The Morgan fingerprint density at radius 1 is 1.33 bits per heavy atom. The Kier molecular flexibility index (Phi) is 4.50. The number of hydrogen-bond acceptors (Lipinski definition) is 6. The Morgan fingerprint density at radius 2 is 2.19 bits per heavy atom. The van der Waals surface area contributed by atoms with Gasteiger partial charge in [-0.2, -0.15) is 4.98 Å². The lowest BCUT2D eigenvalue weighted by molar-refractivity contribution is 0.0659. The van der Waals surface area contributed by atoms with Crippen LogP contribution in [0.15, 0.2) is 4.52 Å². The number of aromatic nitrogens is 2. The van der Waals surface area contributed by atoms with E-state index < -0.39 is 0 Å². The molecule has 3 atom stereocenters. The molecule has 1 aromatic rings. The van der Waals surface area contributed by atoms with Crippen LogP contribution in [0.25, 0.3) is 0 Å². The third-order valence-corrected chi connectivity index (χ3v) is 4.40. The highest BCUT2D eigenvalue weighted by molar-refractivity contribution is 5.90. The fraction of sp³-hybridized carbons (Fsp3) is 0.786. The highest BCUT2D eigenvalue weighted by Gasteiger charge is 2.26. The van der Waals surface area contributed by atoms with Gasteiger partial charge in [0.2, 0.25) is 5.89 Å². The van der Waals surface area contributed by atoms with Crippen molar-refractivity contribution in [3.8, 4) is 0 Å². The van der Waals surface area contributed by atoms with Crippen LogP contribution < -0.4 is 10.6 Å². The van der Waals surface area contributed by atoms with Gasteiger partial charge in [-0.3, -0.25) is 4.79 Å². The zero-order chi connectivity index (χ0) is 14.7. The fourth-order valence-corrected chi connectivity index (χ4v) is 3.09. The summed E-state index contributed by atoms with van der Waals surface area (Å²) >= 11 is 0. The van der Waals surface area contributed by atoms with E-state index in [1.165, 1.54) is 0 Å². The predicted molar refractivity (Wildman–Crippen MR) is 74.6 cm³/mol. The predicted octanol–water partition coefficient (Wildman–Crippen LogP) is 0.775. The highest BCUT2D eigenvalue weighted by atomic mass is 16.5. The van der Waals surface area contributed by atoms with E-state index in [9.17, 15) is 9.90 Å². The van der Waals surface area contributed by atoms with Crippen molar-refractivity contribution in [3.63, 3.8) is 0 Å². The maximum Gasteiger partial charge on any atom is 0.292 e. The number of hydrogen-bond donors (Lipinski definition) is 3. The van der Waals surface area contributed by atoms with Crippen LogP contribution in [0, 0.1) is 5.92 Å². The van der Waals surface area contributed by atoms with Gasteiger partial charge in [0.25, 0.3) is 11.7 Å². The summed E-state index contributed by atoms with van der Waals surface area (Å²) in [6, 6.07) is 0.0687. The monoisotopic (exact) mass is 294 g/mol. The van der Waals surface area contributed by atoms with E-state index in [2.05, 4.69) is 20.8 Å². The second-order valence-corrected chi connectivity index (χ2v) is 5.93. The molecule has 7 heteroatoms. The molecule has 2 heterocycles. The lowest BCUT2D eigenvalue weighted by Gasteiger charge is -2.27. The molecule has 1 saturated carbocycles. The maximum absolute atomic E-state index is 12.0. The molecule has 0 spiro atoms. The van der Waals surface area contributed by atoms with Crippen molar-refractivity contribution in [3.05, 3.63) is 11.7 Å². The lowest BCUT2D eigenvalue weighted by Crippen LogP contribution is -2.37. The van der Waals surface area contributed by atoms with E-state index in [-0.39, 0.29) is 29.8 Å². The van der Waals surface area contributed by atoms with E-state index >= 15 is 0 Å². The number of nitrogens with zero attached hydrogens (tertiary/aromatic N) is 2. The molecule has 1 aliphatic heterocycles. The molecule has 0 aromatic carbocycles. The Bertz CT molecular complexity index is 484. The minimum Gasteiger partial charge on any atom is -0.393 e. The molecule has 116 valence electrons. The molecule has 21 heavy (non-hydrogen) atoms. The van der Waals surface area contributed by atoms with Gasteiger partial charge < -0.3 is 20.3 Å². The second kappa shape index (κ2) is 6.53. The van der Waals surface area contributed by atoms with Gasteiger partial charge in [0.05, 0.1) is 12.1 Å². The van der Waals surface area contributed by atoms with Gasteiger partial charge in [0.1, 0.15) is 0 Å². The van der Waals surface area contributed by atoms with Crippen molar-refractivity contribution >= 4 is 5.91 Å². The van der Waals surface area contributed by atoms with Crippen molar-refractivity contribution in [1.82, 2.24) is 20.8 Å². The number of nitrogens with one attached hydrogen (secondary N) is 2. The van der Waals surface area contributed by atoms with Crippen molar-refractivity contribution in [2.45, 2.75) is 50.7 Å². The quantitative estimate of drug-likeness (QED) is 0.758. The fourth-order valence-electron chi connectivity index (χ4n) is 3.09. The van der Waals surface area contributed by atoms with Crippen LogP contribution in [0.2, 0.25) is 0 Å². The minimum absolute atomic E-state index is 0.0687. The molecule has 2 aliphatic rings. The zero-order valence-electron chi connectivity index (χ0n) is 12.0. The van der Waals surface area contributed by atoms with Crippen LogP contribution in [-0.2, 0) is 0 Å². The number of aliphatic hydroxyl groups is 1. The molecule has 7 nitrogen and oxygen atoms in total. The Labute approximate surface area is 123 Å². The molecular formula is C14H22N4O3. The number of aliphatic hydroxyl groups excluding tert-OH is 1. The average molecular weight is 294 g/mol. The van der Waals surface area contributed by atoms with Crippen LogP contribution in [0.3, 0.4) is 0 Å². The van der Waals surface area contributed by atoms with Crippen LogP contribution in [0.4, 0.5) is 0 Å². The smallest absolute Gasteiger partial charge is 0.292 e. The number of carbonyl (C=O) groups is 1.